The van der Waals surface area contributed by atoms with Gasteiger partial charge in [0.15, 0.2) is 11.4 Å². The number of benzene rings is 7. The van der Waals surface area contributed by atoms with E-state index < -0.39 is 98.3 Å². The molecule has 510 valence electrons. The molecule has 102 heavy (non-hydrogen) atoms. The van der Waals surface area contributed by atoms with Crippen molar-refractivity contribution in [2.24, 2.45) is 20.5 Å². The van der Waals surface area contributed by atoms with Gasteiger partial charge in [-0.25, -0.2) is 42.1 Å². The monoisotopic (exact) mass is 1630 g/mol. The van der Waals surface area contributed by atoms with Crippen LogP contribution in [0, 0.1) is 13.8 Å². The van der Waals surface area contributed by atoms with Crippen LogP contribution in [0.1, 0.15) is 33.6 Å². The first-order chi connectivity index (χ1) is 44.7. The largest absolute Gasteiger partial charge is 1.00 e. The SMILES string of the molecule is Cc1nn(-c2ccc(/C=C/c3ccc(Nc4nc(Nc5ccccc5)nc(Nc5ccc(/C=C/c6ccc(-n7nc(C)c(N=Nc8cc(S(=O)(=O)[O-])ccc8O)c7O)cc6S(=O)(=O)[O-])c(S(=O)(=O)[O-])c5)n4)cc3S(=O)(=O)[O-])c(S(=O)(=O)[O-])c2)c(O)c1N=Nc1ccccc1O.[Cu].[Cu].[Na+].[Na+].[Na+].[Na+].[Na+]. The molecule has 10 rings (SSSR count). The zero-order chi connectivity index (χ0) is 68.5. The summed E-state index contributed by atoms with van der Waals surface area (Å²) in [6.45, 7) is 2.78. The van der Waals surface area contributed by atoms with Crippen LogP contribution >= 0.6 is 0 Å². The van der Waals surface area contributed by atoms with E-state index in [9.17, 15) is 85.3 Å². The van der Waals surface area contributed by atoms with E-state index in [1.54, 1.807) is 42.5 Å². The molecule has 3 heterocycles. The number of nitrogens with zero attached hydrogens (tertiary/aromatic N) is 11. The Hall–Kier alpha value is -5.16. The summed E-state index contributed by atoms with van der Waals surface area (Å²) >= 11 is 0. The van der Waals surface area contributed by atoms with E-state index in [1.807, 2.05) is 0 Å². The zero-order valence-electron chi connectivity index (χ0n) is 53.6. The van der Waals surface area contributed by atoms with Gasteiger partial charge in [0.1, 0.15) is 73.5 Å². The molecule has 7 N–H and O–H groups in total. The molecule has 0 saturated heterocycles. The minimum Gasteiger partial charge on any atom is -0.744 e. The Balaban J connectivity index is 0.00000386. The van der Waals surface area contributed by atoms with Crippen LogP contribution in [0.5, 0.6) is 23.3 Å². The van der Waals surface area contributed by atoms with E-state index in [2.05, 4.69) is 61.6 Å². The van der Waals surface area contributed by atoms with Gasteiger partial charge in [0.25, 0.3) is 0 Å². The molecule has 0 aliphatic heterocycles. The molecule has 10 aromatic rings. The molecule has 0 unspecified atom stereocenters. The molecule has 0 aliphatic rings. The molecule has 0 bridgehead atoms. The second kappa shape index (κ2) is 37.4. The van der Waals surface area contributed by atoms with E-state index in [-0.39, 0.29) is 279 Å². The summed E-state index contributed by atoms with van der Waals surface area (Å²) < 4.78 is 189. The fraction of sp³-hybridized carbons (Fsp3) is 0.0351. The van der Waals surface area contributed by atoms with Crippen LogP contribution in [0.3, 0.4) is 0 Å². The Morgan fingerprint density at radius 1 is 0.382 bits per heavy atom. The molecule has 33 nitrogen and oxygen atoms in total. The summed E-state index contributed by atoms with van der Waals surface area (Å²) in [5.41, 5.74) is -2.36. The van der Waals surface area contributed by atoms with E-state index in [4.69, 9.17) is 0 Å². The number of anilines is 6. The summed E-state index contributed by atoms with van der Waals surface area (Å²) in [5, 5.41) is 74.4. The third-order valence-electron chi connectivity index (χ3n) is 13.3. The standard InChI is InChI=1S/C57H46N14O19S5.2Cu.5Na/c1-31-51(66-64-43-10-6-7-11-45(43)72)53(74)70(68-31)40-22-18-35(49(28-40)94(85,86)87)14-12-33-16-20-38(26-47(33)92(79,80)81)59-56-61-55(58-37-8-4-3-5-9-37)62-57(63-56)60-39-21-17-34(48(27-39)93(82,83)84)13-15-36-19-23-41(29-50(36)95(88,89)90)71-54(75)52(32(2)69-71)67-65-44-30-42(91(76,77)78)24-25-46(44)73;;;;;;;/h3-30,72-75H,1-2H3,(H,76,77,78)(H,79,80,81)(H,82,83,84)(H,85,86,87)(H,88,89,90)(H3,58,59,60,61,62,63);;;;;;;/q;;;5*+1/p-5/b14-12+,15-13+,66-64?,67-65?;;;;;;;. The minimum absolute atomic E-state index is 0. The van der Waals surface area contributed by atoms with Gasteiger partial charge in [-0.2, -0.15) is 34.5 Å². The van der Waals surface area contributed by atoms with Crippen LogP contribution in [-0.4, -0.2) is 120 Å². The van der Waals surface area contributed by atoms with Crippen molar-refractivity contribution < 1.29 is 267 Å². The summed E-state index contributed by atoms with van der Waals surface area (Å²) in [4.78, 5) is 8.69. The molecule has 0 amide bonds. The van der Waals surface area contributed by atoms with Gasteiger partial charge < -0.3 is 59.1 Å². The average Bonchev–Trinajstić information content (AvgIpc) is 1.52. The number of rotatable bonds is 21. The van der Waals surface area contributed by atoms with Crippen LogP contribution in [0.4, 0.5) is 57.7 Å². The smallest absolute Gasteiger partial charge is 0.744 e. The number of azo groups is 2. The number of aromatic hydroxyl groups is 4. The third-order valence-corrected chi connectivity index (χ3v) is 17.7. The van der Waals surface area contributed by atoms with Gasteiger partial charge in [0.05, 0.1) is 47.2 Å². The first-order valence-electron chi connectivity index (χ1n) is 26.5. The molecule has 0 atom stereocenters. The quantitative estimate of drug-likeness (QED) is 0.0152. The molecule has 3 aromatic heterocycles. The zero-order valence-corrected chi connectivity index (χ0v) is 69.6. The summed E-state index contributed by atoms with van der Waals surface area (Å²) in [6.07, 6.45) is 4.10. The van der Waals surface area contributed by atoms with Crippen LogP contribution in [0.25, 0.3) is 35.7 Å². The summed E-state index contributed by atoms with van der Waals surface area (Å²) in [7, 11) is -26.5. The van der Waals surface area contributed by atoms with Gasteiger partial charge in [-0.05, 0) is 127 Å². The number of nitrogens with one attached hydrogen (secondary N) is 3. The Morgan fingerprint density at radius 2 is 0.725 bits per heavy atom. The van der Waals surface area contributed by atoms with Gasteiger partial charge in [-0.1, -0.05) is 78.9 Å². The summed E-state index contributed by atoms with van der Waals surface area (Å²) in [5.74, 6) is -3.09. The molecule has 45 heteroatoms. The topological polar surface area (TPSA) is 527 Å². The van der Waals surface area contributed by atoms with Gasteiger partial charge in [-0.15, -0.1) is 20.5 Å². The van der Waals surface area contributed by atoms with Gasteiger partial charge in [0.2, 0.25) is 29.6 Å². The number of phenols is 2. The number of hydrogen-bond acceptors (Lipinski definition) is 31. The van der Waals surface area contributed by atoms with Crippen molar-refractivity contribution in [1.29, 1.82) is 0 Å². The maximum Gasteiger partial charge on any atom is 1.00 e. The Morgan fingerprint density at radius 3 is 1.11 bits per heavy atom. The van der Waals surface area contributed by atoms with Crippen molar-refractivity contribution in [3.05, 3.63) is 179 Å². The number of aromatic nitrogens is 7. The normalized spacial score (nSPS) is 11.7. The third kappa shape index (κ3) is 22.5. The Kier molecular flexibility index (Phi) is 33.4. The van der Waals surface area contributed by atoms with Crippen LogP contribution < -0.4 is 164 Å². The first-order valence-corrected chi connectivity index (χ1v) is 33.6. The van der Waals surface area contributed by atoms with Crippen LogP contribution in [0.2, 0.25) is 0 Å². The fourth-order valence-corrected chi connectivity index (χ4v) is 12.1. The molecule has 7 aromatic carbocycles. The number of phenolic OH excluding ortho intramolecular Hbond substituents is 2. The van der Waals surface area contributed by atoms with Crippen molar-refractivity contribution >= 4 is 133 Å². The molecule has 0 saturated carbocycles. The molecule has 0 fully saturated rings. The first kappa shape index (κ1) is 91.0. The average molecular weight is 1630 g/mol. The second-order valence-corrected chi connectivity index (χ2v) is 26.6. The van der Waals surface area contributed by atoms with Crippen LogP contribution in [0.15, 0.2) is 191 Å². The molecule has 0 aliphatic carbocycles. The van der Waals surface area contributed by atoms with Gasteiger partial charge in [-0.3, -0.25) is 0 Å². The predicted molar refractivity (Wildman–Crippen MR) is 331 cm³/mol. The number of para-hydroxylation sites is 2. The van der Waals surface area contributed by atoms with E-state index in [0.29, 0.717) is 5.69 Å². The van der Waals surface area contributed by atoms with Crippen molar-refractivity contribution in [3.63, 3.8) is 0 Å². The Labute approximate surface area is 713 Å². The van der Waals surface area contributed by atoms with Crippen molar-refractivity contribution in [2.75, 3.05) is 16.0 Å². The maximum atomic E-state index is 12.9. The molecular weight excluding hydrogens is 1590 g/mol. The molecule has 2 radical (unpaired) electrons. The molecular formula is C57H41Cu2N14Na5O19S5. The fourth-order valence-electron chi connectivity index (χ4n) is 8.87. The van der Waals surface area contributed by atoms with Crippen molar-refractivity contribution in [1.82, 2.24) is 34.5 Å². The number of aryl methyl sites for hydroxylation is 2. The molecule has 0 spiro atoms. The Bertz CT molecular complexity index is 5520. The van der Waals surface area contributed by atoms with Gasteiger partial charge in [0, 0.05) is 51.2 Å². The van der Waals surface area contributed by atoms with E-state index in [1.165, 1.54) is 50.2 Å². The van der Waals surface area contributed by atoms with Gasteiger partial charge >= 0.3 is 148 Å². The van der Waals surface area contributed by atoms with E-state index >= 15 is 0 Å². The predicted octanol–water partition coefficient (Wildman–Crippen LogP) is -6.38. The maximum absolute atomic E-state index is 12.9. The van der Waals surface area contributed by atoms with Crippen molar-refractivity contribution in [3.8, 4) is 34.6 Å². The van der Waals surface area contributed by atoms with Crippen LogP contribution in [-0.2, 0) is 84.7 Å². The second-order valence-electron chi connectivity index (χ2n) is 19.8. The summed E-state index contributed by atoms with van der Waals surface area (Å²) in [6, 6.07) is 29.6. The minimum atomic E-state index is -5.40. The number of hydrogen-bond donors (Lipinski definition) is 7. The van der Waals surface area contributed by atoms with E-state index in [0.717, 1.165) is 100 Å². The van der Waals surface area contributed by atoms with Crippen molar-refractivity contribution in [2.45, 2.75) is 38.3 Å².